The average Bonchev–Trinajstić information content (AvgIpc) is 3.02. The Labute approximate surface area is 132 Å². The second kappa shape index (κ2) is 7.95. The first-order chi connectivity index (χ1) is 11.1. The van der Waals surface area contributed by atoms with Gasteiger partial charge in [-0.05, 0) is 24.3 Å². The van der Waals surface area contributed by atoms with Crippen molar-refractivity contribution in [1.82, 2.24) is 5.32 Å². The molecular formula is C15H16N2O6. The predicted molar refractivity (Wildman–Crippen MR) is 80.3 cm³/mol. The summed E-state index contributed by atoms with van der Waals surface area (Å²) in [5, 5.41) is 13.2. The fraction of sp³-hybridized carbons (Fsp3) is 0.267. The first-order valence-electron chi connectivity index (χ1n) is 6.83. The van der Waals surface area contributed by atoms with Crippen LogP contribution >= 0.6 is 0 Å². The van der Waals surface area contributed by atoms with Crippen LogP contribution in [0, 0.1) is 10.1 Å². The quantitative estimate of drug-likeness (QED) is 0.454. The lowest BCUT2D eigenvalue weighted by molar-refractivity contribution is -0.384. The van der Waals surface area contributed by atoms with Crippen molar-refractivity contribution in [3.63, 3.8) is 0 Å². The van der Waals surface area contributed by atoms with Gasteiger partial charge in [-0.15, -0.1) is 0 Å². The van der Waals surface area contributed by atoms with Crippen LogP contribution < -0.4 is 10.1 Å². The van der Waals surface area contributed by atoms with E-state index in [0.717, 1.165) is 0 Å². The van der Waals surface area contributed by atoms with Crippen LogP contribution in [0.1, 0.15) is 16.3 Å². The van der Waals surface area contributed by atoms with E-state index >= 15 is 0 Å². The minimum Gasteiger partial charge on any atom is -0.486 e. The maximum Gasteiger partial charge on any atom is 0.287 e. The summed E-state index contributed by atoms with van der Waals surface area (Å²) >= 11 is 0. The molecule has 23 heavy (non-hydrogen) atoms. The Kier molecular flexibility index (Phi) is 5.70. The number of carbonyl (C=O) groups excluding carboxylic acids is 1. The van der Waals surface area contributed by atoms with E-state index < -0.39 is 4.92 Å². The predicted octanol–water partition coefficient (Wildman–Crippen LogP) is 2.14. The normalized spacial score (nSPS) is 10.3. The smallest absolute Gasteiger partial charge is 0.287 e. The van der Waals surface area contributed by atoms with Gasteiger partial charge in [-0.25, -0.2) is 0 Å². The second-order valence-corrected chi connectivity index (χ2v) is 4.55. The van der Waals surface area contributed by atoms with Gasteiger partial charge in [0.15, 0.2) is 5.76 Å². The molecule has 0 radical (unpaired) electrons. The number of carbonyl (C=O) groups is 1. The molecule has 0 fully saturated rings. The number of hydrogen-bond acceptors (Lipinski definition) is 6. The molecule has 0 atom stereocenters. The highest BCUT2D eigenvalue weighted by Gasteiger charge is 2.11. The van der Waals surface area contributed by atoms with E-state index in [1.54, 1.807) is 19.2 Å². The van der Waals surface area contributed by atoms with Crippen LogP contribution in [0.15, 0.2) is 40.8 Å². The molecule has 0 saturated heterocycles. The second-order valence-electron chi connectivity index (χ2n) is 4.55. The van der Waals surface area contributed by atoms with E-state index in [4.69, 9.17) is 13.9 Å². The van der Waals surface area contributed by atoms with Crippen molar-refractivity contribution in [2.75, 3.05) is 20.3 Å². The highest BCUT2D eigenvalue weighted by atomic mass is 16.6. The van der Waals surface area contributed by atoms with Gasteiger partial charge in [0.2, 0.25) is 0 Å². The maximum absolute atomic E-state index is 11.7. The molecule has 8 nitrogen and oxygen atoms in total. The van der Waals surface area contributed by atoms with Crippen molar-refractivity contribution in [3.05, 3.63) is 58.0 Å². The van der Waals surface area contributed by atoms with Gasteiger partial charge in [0.25, 0.3) is 11.6 Å². The third-order valence-corrected chi connectivity index (χ3v) is 2.91. The molecule has 1 aromatic carbocycles. The number of nitro groups is 1. The van der Waals surface area contributed by atoms with Crippen molar-refractivity contribution < 1.29 is 23.6 Å². The number of methoxy groups -OCH3 is 1. The van der Waals surface area contributed by atoms with Crippen molar-refractivity contribution in [2.45, 2.75) is 6.61 Å². The summed E-state index contributed by atoms with van der Waals surface area (Å²) in [5.41, 5.74) is -0.00892. The zero-order valence-corrected chi connectivity index (χ0v) is 12.5. The van der Waals surface area contributed by atoms with Crippen LogP contribution in [0.25, 0.3) is 0 Å². The molecule has 0 aliphatic carbocycles. The number of non-ortho nitro benzene ring substituents is 1. The highest BCUT2D eigenvalue weighted by Crippen LogP contribution is 2.19. The van der Waals surface area contributed by atoms with Gasteiger partial charge in [-0.1, -0.05) is 0 Å². The Bertz CT molecular complexity index is 665. The fourth-order valence-electron chi connectivity index (χ4n) is 1.75. The Morgan fingerprint density at radius 3 is 2.65 bits per heavy atom. The van der Waals surface area contributed by atoms with Gasteiger partial charge in [-0.3, -0.25) is 14.9 Å². The van der Waals surface area contributed by atoms with Crippen LogP contribution in [0.5, 0.6) is 5.75 Å². The lowest BCUT2D eigenvalue weighted by Gasteiger charge is -2.04. The number of benzene rings is 1. The third kappa shape index (κ3) is 4.82. The summed E-state index contributed by atoms with van der Waals surface area (Å²) in [6.07, 6.45) is 0. The van der Waals surface area contributed by atoms with E-state index in [-0.39, 0.29) is 24.0 Å². The lowest BCUT2D eigenvalue weighted by Crippen LogP contribution is -2.26. The summed E-state index contributed by atoms with van der Waals surface area (Å²) < 4.78 is 15.7. The van der Waals surface area contributed by atoms with Crippen molar-refractivity contribution in [2.24, 2.45) is 0 Å². The Morgan fingerprint density at radius 1 is 1.26 bits per heavy atom. The molecule has 0 bridgehead atoms. The molecule has 1 amide bonds. The molecular weight excluding hydrogens is 304 g/mol. The van der Waals surface area contributed by atoms with Crippen LogP contribution in [0.4, 0.5) is 5.69 Å². The number of nitro benzene ring substituents is 1. The Balaban J connectivity index is 1.86. The minimum atomic E-state index is -0.481. The van der Waals surface area contributed by atoms with Gasteiger partial charge in [-0.2, -0.15) is 0 Å². The molecule has 2 aromatic rings. The molecule has 1 aromatic heterocycles. The molecule has 0 saturated carbocycles. The lowest BCUT2D eigenvalue weighted by atomic mass is 10.3. The van der Waals surface area contributed by atoms with Gasteiger partial charge in [0, 0.05) is 25.8 Å². The van der Waals surface area contributed by atoms with E-state index in [2.05, 4.69) is 5.32 Å². The molecule has 0 spiro atoms. The van der Waals surface area contributed by atoms with E-state index in [1.807, 2.05) is 0 Å². The molecule has 2 rings (SSSR count). The van der Waals surface area contributed by atoms with Crippen LogP contribution in [-0.2, 0) is 11.3 Å². The summed E-state index contributed by atoms with van der Waals surface area (Å²) in [6, 6.07) is 8.89. The van der Waals surface area contributed by atoms with Gasteiger partial charge >= 0.3 is 0 Å². The van der Waals surface area contributed by atoms with Crippen molar-refractivity contribution >= 4 is 11.6 Å². The number of hydrogen-bond donors (Lipinski definition) is 1. The molecule has 8 heteroatoms. The van der Waals surface area contributed by atoms with Crippen LogP contribution in [0.3, 0.4) is 0 Å². The Morgan fingerprint density at radius 2 is 2.00 bits per heavy atom. The topological polar surface area (TPSA) is 104 Å². The molecule has 0 aliphatic rings. The first kappa shape index (κ1) is 16.5. The van der Waals surface area contributed by atoms with Gasteiger partial charge in [0.1, 0.15) is 18.1 Å². The summed E-state index contributed by atoms with van der Waals surface area (Å²) in [5.74, 6) is 0.797. The van der Waals surface area contributed by atoms with Crippen molar-refractivity contribution in [3.8, 4) is 5.75 Å². The molecule has 1 heterocycles. The first-order valence-corrected chi connectivity index (χ1v) is 6.83. The zero-order valence-electron chi connectivity index (χ0n) is 12.5. The van der Waals surface area contributed by atoms with Gasteiger partial charge < -0.3 is 19.2 Å². The zero-order chi connectivity index (χ0) is 16.7. The molecule has 0 aliphatic heterocycles. The number of rotatable bonds is 8. The summed E-state index contributed by atoms with van der Waals surface area (Å²) in [6.45, 7) is 0.927. The highest BCUT2D eigenvalue weighted by molar-refractivity contribution is 5.91. The number of ether oxygens (including phenoxy) is 2. The average molecular weight is 320 g/mol. The standard InChI is InChI=1S/C15H16N2O6/c1-21-9-8-16-15(18)14-7-6-13(23-14)10-22-12-4-2-11(3-5-12)17(19)20/h2-7H,8-10H2,1H3,(H,16,18). The van der Waals surface area contributed by atoms with Crippen LogP contribution in [0.2, 0.25) is 0 Å². The number of nitrogens with zero attached hydrogens (tertiary/aromatic N) is 1. The minimum absolute atomic E-state index is 0.00892. The number of amides is 1. The van der Waals surface area contributed by atoms with Crippen molar-refractivity contribution in [1.29, 1.82) is 0 Å². The number of furan rings is 1. The van der Waals surface area contributed by atoms with Crippen LogP contribution in [-0.4, -0.2) is 31.1 Å². The molecule has 1 N–H and O–H groups in total. The molecule has 122 valence electrons. The summed E-state index contributed by atoms with van der Waals surface area (Å²) in [4.78, 5) is 21.8. The maximum atomic E-state index is 11.7. The largest absolute Gasteiger partial charge is 0.486 e. The monoisotopic (exact) mass is 320 g/mol. The Hall–Kier alpha value is -2.87. The van der Waals surface area contributed by atoms with E-state index in [9.17, 15) is 14.9 Å². The summed E-state index contributed by atoms with van der Waals surface area (Å²) in [7, 11) is 1.55. The third-order valence-electron chi connectivity index (χ3n) is 2.91. The molecule has 0 unspecified atom stereocenters. The van der Waals surface area contributed by atoms with Gasteiger partial charge in [0.05, 0.1) is 11.5 Å². The van der Waals surface area contributed by atoms with E-state index in [0.29, 0.717) is 24.7 Å². The SMILES string of the molecule is COCCNC(=O)c1ccc(COc2ccc([N+](=O)[O-])cc2)o1. The fourth-order valence-corrected chi connectivity index (χ4v) is 1.75. The van der Waals surface area contributed by atoms with E-state index in [1.165, 1.54) is 24.3 Å². The number of nitrogens with one attached hydrogen (secondary N) is 1.